The summed E-state index contributed by atoms with van der Waals surface area (Å²) in [5.41, 5.74) is -0.214. The second-order valence-electron chi connectivity index (χ2n) is 7.76. The highest BCUT2D eigenvalue weighted by molar-refractivity contribution is 6.07. The minimum absolute atomic E-state index is 0.0405. The molecule has 0 N–H and O–H groups in total. The Labute approximate surface area is 186 Å². The van der Waals surface area contributed by atoms with E-state index in [1.807, 2.05) is 6.92 Å². The number of unbranched alkanes of at least 4 members (excludes halogenated alkanes) is 1. The number of nitrogens with zero attached hydrogens (tertiary/aromatic N) is 3. The molecule has 1 aliphatic rings. The van der Waals surface area contributed by atoms with Gasteiger partial charge >= 0.3 is 6.18 Å². The van der Waals surface area contributed by atoms with E-state index in [9.17, 15) is 22.0 Å². The molecule has 0 saturated heterocycles. The summed E-state index contributed by atoms with van der Waals surface area (Å²) in [4.78, 5) is 8.29. The van der Waals surface area contributed by atoms with Crippen LogP contribution in [0.25, 0.3) is 11.3 Å². The van der Waals surface area contributed by atoms with E-state index in [0.717, 1.165) is 25.0 Å². The predicted molar refractivity (Wildman–Crippen MR) is 114 cm³/mol. The average molecular weight is 461 g/mol. The fourth-order valence-electron chi connectivity index (χ4n) is 3.62. The highest BCUT2D eigenvalue weighted by Gasteiger charge is 2.35. The van der Waals surface area contributed by atoms with Gasteiger partial charge in [0.25, 0.3) is 0 Å². The lowest BCUT2D eigenvalue weighted by Crippen LogP contribution is -2.08. The van der Waals surface area contributed by atoms with Crippen LogP contribution in [-0.2, 0) is 19.0 Å². The summed E-state index contributed by atoms with van der Waals surface area (Å²) < 4.78 is 73.7. The van der Waals surface area contributed by atoms with Crippen LogP contribution in [0.15, 0.2) is 57.0 Å². The summed E-state index contributed by atoms with van der Waals surface area (Å²) in [7, 11) is 0. The van der Waals surface area contributed by atoms with Crippen molar-refractivity contribution in [1.82, 2.24) is 5.16 Å². The van der Waals surface area contributed by atoms with Crippen molar-refractivity contribution < 1.29 is 26.5 Å². The van der Waals surface area contributed by atoms with Crippen LogP contribution in [-0.4, -0.2) is 23.2 Å². The summed E-state index contributed by atoms with van der Waals surface area (Å²) in [6.07, 6.45) is -0.676. The first kappa shape index (κ1) is 22.8. The van der Waals surface area contributed by atoms with Crippen molar-refractivity contribution in [2.45, 2.75) is 44.8 Å². The lowest BCUT2D eigenvalue weighted by atomic mass is 9.98. The van der Waals surface area contributed by atoms with Gasteiger partial charge in [0.05, 0.1) is 17.2 Å². The fourth-order valence-corrected chi connectivity index (χ4v) is 3.62. The SMILES string of the molecule is CCCCc1ccc(-c2cc(CC3C=NC(c4cccc(F)c4F)=N3)on2)c(C(F)(F)F)c1. The third-order valence-electron chi connectivity index (χ3n) is 5.30. The maximum atomic E-state index is 14.0. The van der Waals surface area contributed by atoms with Crippen LogP contribution in [0.1, 0.15) is 42.2 Å². The minimum Gasteiger partial charge on any atom is -0.361 e. The number of rotatable bonds is 7. The molecule has 1 unspecified atom stereocenters. The zero-order valence-electron chi connectivity index (χ0n) is 17.7. The quantitative estimate of drug-likeness (QED) is 0.381. The molecule has 3 aromatic rings. The largest absolute Gasteiger partial charge is 0.417 e. The standard InChI is InChI=1S/C24H20F5N3O/c1-2-3-5-14-8-9-17(19(10-14)24(27,28)29)21-12-16(33-32-21)11-15-13-30-23(31-15)18-6-4-7-20(25)22(18)26/h4,6-10,12-13,15H,2-3,5,11H2,1H3. The number of aromatic nitrogens is 1. The Morgan fingerprint density at radius 2 is 1.85 bits per heavy atom. The molecule has 4 nitrogen and oxygen atoms in total. The first-order chi connectivity index (χ1) is 15.8. The van der Waals surface area contributed by atoms with Crippen LogP contribution in [0.4, 0.5) is 22.0 Å². The molecule has 0 bridgehead atoms. The number of aryl methyl sites for hydroxylation is 1. The van der Waals surface area contributed by atoms with E-state index in [1.54, 1.807) is 6.07 Å². The van der Waals surface area contributed by atoms with Crippen molar-refractivity contribution >= 4 is 12.1 Å². The van der Waals surface area contributed by atoms with E-state index in [-0.39, 0.29) is 29.1 Å². The van der Waals surface area contributed by atoms with E-state index in [1.165, 1.54) is 30.5 Å². The Bertz CT molecular complexity index is 1210. The average Bonchev–Trinajstić information content (AvgIpc) is 3.43. The molecule has 0 saturated carbocycles. The maximum absolute atomic E-state index is 14.0. The van der Waals surface area contributed by atoms with Gasteiger partial charge in [-0.2, -0.15) is 13.2 Å². The van der Waals surface area contributed by atoms with Gasteiger partial charge in [0.1, 0.15) is 11.5 Å². The molecule has 1 aliphatic heterocycles. The lowest BCUT2D eigenvalue weighted by molar-refractivity contribution is -0.137. The number of benzene rings is 2. The van der Waals surface area contributed by atoms with Crippen molar-refractivity contribution in [3.63, 3.8) is 0 Å². The lowest BCUT2D eigenvalue weighted by Gasteiger charge is -2.13. The number of amidine groups is 1. The summed E-state index contributed by atoms with van der Waals surface area (Å²) in [5.74, 6) is -1.71. The van der Waals surface area contributed by atoms with E-state index in [0.29, 0.717) is 17.7 Å². The molecule has 172 valence electrons. The molecule has 0 spiro atoms. The number of hydrogen-bond acceptors (Lipinski definition) is 4. The number of halogens is 5. The highest BCUT2D eigenvalue weighted by atomic mass is 19.4. The monoisotopic (exact) mass is 461 g/mol. The molecule has 0 radical (unpaired) electrons. The molecule has 1 atom stereocenters. The molecule has 0 aliphatic carbocycles. The van der Waals surface area contributed by atoms with E-state index in [2.05, 4.69) is 15.1 Å². The summed E-state index contributed by atoms with van der Waals surface area (Å²) in [6, 6.07) is 8.85. The van der Waals surface area contributed by atoms with E-state index < -0.39 is 29.4 Å². The molecule has 0 amide bonds. The van der Waals surface area contributed by atoms with Gasteiger partial charge in [0.15, 0.2) is 17.5 Å². The molecule has 33 heavy (non-hydrogen) atoms. The van der Waals surface area contributed by atoms with Gasteiger partial charge in [0.2, 0.25) is 0 Å². The smallest absolute Gasteiger partial charge is 0.361 e. The third kappa shape index (κ3) is 5.02. The molecule has 1 aromatic heterocycles. The first-order valence-corrected chi connectivity index (χ1v) is 10.5. The number of aliphatic imine (C=N–C) groups is 2. The summed E-state index contributed by atoms with van der Waals surface area (Å²) >= 11 is 0. The normalized spacial score (nSPS) is 15.8. The van der Waals surface area contributed by atoms with Gasteiger partial charge < -0.3 is 4.52 Å². The van der Waals surface area contributed by atoms with Crippen molar-refractivity contribution in [3.8, 4) is 11.3 Å². The third-order valence-corrected chi connectivity index (χ3v) is 5.30. The van der Waals surface area contributed by atoms with Crippen LogP contribution >= 0.6 is 0 Å². The van der Waals surface area contributed by atoms with Crippen LogP contribution in [0, 0.1) is 11.6 Å². The van der Waals surface area contributed by atoms with E-state index in [4.69, 9.17) is 4.52 Å². The van der Waals surface area contributed by atoms with Gasteiger partial charge in [-0.25, -0.2) is 13.8 Å². The Morgan fingerprint density at radius 3 is 2.61 bits per heavy atom. The van der Waals surface area contributed by atoms with E-state index >= 15 is 0 Å². The highest BCUT2D eigenvalue weighted by Crippen LogP contribution is 2.38. The Balaban J connectivity index is 1.55. The predicted octanol–water partition coefficient (Wildman–Crippen LogP) is 6.42. The Hall–Kier alpha value is -3.36. The zero-order valence-corrected chi connectivity index (χ0v) is 17.7. The Kier molecular flexibility index (Phi) is 6.40. The van der Waals surface area contributed by atoms with Crippen LogP contribution in [0.5, 0.6) is 0 Å². The van der Waals surface area contributed by atoms with Crippen LogP contribution in [0.3, 0.4) is 0 Å². The van der Waals surface area contributed by atoms with Crippen molar-refractivity contribution in [1.29, 1.82) is 0 Å². The van der Waals surface area contributed by atoms with Gasteiger partial charge in [-0.15, -0.1) is 0 Å². The molecule has 9 heteroatoms. The van der Waals surface area contributed by atoms with Gasteiger partial charge in [0, 0.05) is 24.3 Å². The van der Waals surface area contributed by atoms with Crippen molar-refractivity contribution in [2.75, 3.05) is 0 Å². The summed E-state index contributed by atoms with van der Waals surface area (Å²) in [6.45, 7) is 1.98. The zero-order chi connectivity index (χ0) is 23.6. The van der Waals surface area contributed by atoms with Crippen LogP contribution < -0.4 is 0 Å². The first-order valence-electron chi connectivity index (χ1n) is 10.5. The molecular weight excluding hydrogens is 441 g/mol. The molecule has 2 heterocycles. The van der Waals surface area contributed by atoms with Gasteiger partial charge in [-0.05, 0) is 36.6 Å². The maximum Gasteiger partial charge on any atom is 0.417 e. The molecular formula is C24H20F5N3O. The molecule has 4 rings (SSSR count). The topological polar surface area (TPSA) is 50.8 Å². The minimum atomic E-state index is -4.54. The number of alkyl halides is 3. The fraction of sp³-hybridized carbons (Fsp3) is 0.292. The van der Waals surface area contributed by atoms with Crippen LogP contribution in [0.2, 0.25) is 0 Å². The summed E-state index contributed by atoms with van der Waals surface area (Å²) in [5, 5.41) is 3.82. The second kappa shape index (κ2) is 9.25. The van der Waals surface area contributed by atoms with Gasteiger partial charge in [-0.3, -0.25) is 4.99 Å². The number of hydrogen-bond donors (Lipinski definition) is 0. The van der Waals surface area contributed by atoms with Crippen molar-refractivity contribution in [3.05, 3.63) is 76.5 Å². The molecule has 2 aromatic carbocycles. The second-order valence-corrected chi connectivity index (χ2v) is 7.76. The molecule has 0 fully saturated rings. The van der Waals surface area contributed by atoms with Crippen molar-refractivity contribution in [2.24, 2.45) is 9.98 Å². The van der Waals surface area contributed by atoms with Gasteiger partial charge in [-0.1, -0.05) is 36.7 Å². The Morgan fingerprint density at radius 1 is 1.03 bits per heavy atom.